The number of fused-ring (bicyclic) bond motifs is 1. The molecule has 1 saturated carbocycles. The molecular formula is C20H22N2O2. The highest BCUT2D eigenvalue weighted by molar-refractivity contribution is 5.78. The lowest BCUT2D eigenvalue weighted by Crippen LogP contribution is -2.46. The monoisotopic (exact) mass is 322 g/mol. The van der Waals surface area contributed by atoms with Crippen molar-refractivity contribution in [3.8, 4) is 0 Å². The van der Waals surface area contributed by atoms with E-state index in [0.29, 0.717) is 5.92 Å². The van der Waals surface area contributed by atoms with Gasteiger partial charge >= 0.3 is 5.97 Å². The molecule has 4 heteroatoms. The van der Waals surface area contributed by atoms with Gasteiger partial charge in [0, 0.05) is 17.4 Å². The fourth-order valence-electron chi connectivity index (χ4n) is 3.74. The Morgan fingerprint density at radius 3 is 2.50 bits per heavy atom. The molecule has 4 rings (SSSR count). The number of hydrogen-bond donors (Lipinski definition) is 2. The Balaban J connectivity index is 1.76. The summed E-state index contributed by atoms with van der Waals surface area (Å²) in [5.41, 5.74) is 3.25. The predicted octanol–water partition coefficient (Wildman–Crippen LogP) is 3.83. The van der Waals surface area contributed by atoms with Gasteiger partial charge in [0.2, 0.25) is 0 Å². The summed E-state index contributed by atoms with van der Waals surface area (Å²) in [6, 6.07) is 18.3. The molecule has 3 atom stereocenters. The van der Waals surface area contributed by atoms with Crippen molar-refractivity contribution in [2.45, 2.75) is 24.9 Å². The van der Waals surface area contributed by atoms with Crippen LogP contribution in [0.3, 0.4) is 0 Å². The lowest BCUT2D eigenvalue weighted by molar-refractivity contribution is -0.147. The van der Waals surface area contributed by atoms with Gasteiger partial charge < -0.3 is 15.4 Å². The second kappa shape index (κ2) is 6.19. The second-order valence-electron chi connectivity index (χ2n) is 6.63. The van der Waals surface area contributed by atoms with E-state index in [9.17, 15) is 4.79 Å². The lowest BCUT2D eigenvalue weighted by Gasteiger charge is -2.40. The van der Waals surface area contributed by atoms with Gasteiger partial charge in [0.15, 0.2) is 0 Å². The van der Waals surface area contributed by atoms with Gasteiger partial charge in [0.05, 0.1) is 13.2 Å². The molecule has 2 aromatic carbocycles. The molecule has 1 fully saturated rings. The van der Waals surface area contributed by atoms with Crippen LogP contribution in [0.1, 0.15) is 24.4 Å². The van der Waals surface area contributed by atoms with Gasteiger partial charge in [-0.3, -0.25) is 4.79 Å². The highest BCUT2D eigenvalue weighted by Gasteiger charge is 2.48. The topological polar surface area (TPSA) is 50.4 Å². The normalized spacial score (nSPS) is 25.3. The molecule has 2 aliphatic rings. The first-order valence-electron chi connectivity index (χ1n) is 8.53. The van der Waals surface area contributed by atoms with Gasteiger partial charge in [-0.05, 0) is 42.5 Å². The molecule has 1 aliphatic carbocycles. The minimum absolute atomic E-state index is 0.0945. The second-order valence-corrected chi connectivity index (χ2v) is 6.63. The van der Waals surface area contributed by atoms with Crippen LogP contribution in [0, 0.1) is 11.8 Å². The molecule has 0 saturated heterocycles. The number of anilines is 2. The third-order valence-electron chi connectivity index (χ3n) is 5.06. The fraction of sp³-hybridized carbons (Fsp3) is 0.350. The Morgan fingerprint density at radius 2 is 1.79 bits per heavy atom. The molecule has 2 aromatic rings. The average molecular weight is 322 g/mol. The Kier molecular flexibility index (Phi) is 3.89. The van der Waals surface area contributed by atoms with Gasteiger partial charge in [0.25, 0.3) is 0 Å². The summed E-state index contributed by atoms with van der Waals surface area (Å²) < 4.78 is 5.16. The third-order valence-corrected chi connectivity index (χ3v) is 5.06. The van der Waals surface area contributed by atoms with E-state index in [1.54, 1.807) is 0 Å². The summed E-state index contributed by atoms with van der Waals surface area (Å²) in [6.45, 7) is 0. The molecule has 0 aromatic heterocycles. The standard InChI is InChI=1S/C20H22N2O2/c1-24-20(23)17-18(13-11-12-13)22-16-10-6-5-9-15(16)19(17)21-14-7-3-2-4-8-14/h2-10,13,17-19,21-22H,11-12H2,1H3/t17-,18-,19-/m0/s1. The molecule has 124 valence electrons. The van der Waals surface area contributed by atoms with Crippen molar-refractivity contribution in [3.05, 3.63) is 60.2 Å². The molecule has 1 heterocycles. The molecule has 1 aliphatic heterocycles. The van der Waals surface area contributed by atoms with Crippen LogP contribution in [0.25, 0.3) is 0 Å². The first kappa shape index (κ1) is 15.1. The van der Waals surface area contributed by atoms with Crippen LogP contribution in [0.15, 0.2) is 54.6 Å². The Morgan fingerprint density at radius 1 is 1.08 bits per heavy atom. The molecule has 0 unspecified atom stereocenters. The van der Waals surface area contributed by atoms with Crippen LogP contribution in [-0.2, 0) is 9.53 Å². The van der Waals surface area contributed by atoms with Crippen molar-refractivity contribution < 1.29 is 9.53 Å². The number of ether oxygens (including phenoxy) is 1. The smallest absolute Gasteiger partial charge is 0.313 e. The van der Waals surface area contributed by atoms with E-state index in [-0.39, 0.29) is 24.0 Å². The van der Waals surface area contributed by atoms with Crippen molar-refractivity contribution in [2.24, 2.45) is 11.8 Å². The van der Waals surface area contributed by atoms with Gasteiger partial charge in [0.1, 0.15) is 5.92 Å². The number of rotatable bonds is 4. The van der Waals surface area contributed by atoms with E-state index < -0.39 is 0 Å². The highest BCUT2D eigenvalue weighted by atomic mass is 16.5. The number of para-hydroxylation sites is 2. The molecule has 0 radical (unpaired) electrons. The zero-order valence-corrected chi connectivity index (χ0v) is 13.7. The van der Waals surface area contributed by atoms with Gasteiger partial charge in [-0.1, -0.05) is 36.4 Å². The Hall–Kier alpha value is -2.49. The third kappa shape index (κ3) is 2.73. The molecule has 24 heavy (non-hydrogen) atoms. The average Bonchev–Trinajstić information content (AvgIpc) is 3.47. The maximum absolute atomic E-state index is 12.6. The number of benzene rings is 2. The summed E-state index contributed by atoms with van der Waals surface area (Å²) in [7, 11) is 1.48. The fourth-order valence-corrected chi connectivity index (χ4v) is 3.74. The van der Waals surface area contributed by atoms with Crippen molar-refractivity contribution in [1.29, 1.82) is 0 Å². The van der Waals surface area contributed by atoms with Crippen molar-refractivity contribution in [3.63, 3.8) is 0 Å². The Bertz CT molecular complexity index is 727. The minimum atomic E-state index is -0.238. The number of hydrogen-bond acceptors (Lipinski definition) is 4. The van der Waals surface area contributed by atoms with Crippen LogP contribution >= 0.6 is 0 Å². The summed E-state index contributed by atoms with van der Waals surface area (Å²) in [6.07, 6.45) is 2.34. The molecule has 4 nitrogen and oxygen atoms in total. The zero-order valence-electron chi connectivity index (χ0n) is 13.7. The van der Waals surface area contributed by atoms with Crippen LogP contribution in [0.2, 0.25) is 0 Å². The number of carbonyl (C=O) groups excluding carboxylic acids is 1. The Labute approximate surface area is 142 Å². The first-order chi connectivity index (χ1) is 11.8. The largest absolute Gasteiger partial charge is 0.469 e. The van der Waals surface area contributed by atoms with E-state index >= 15 is 0 Å². The minimum Gasteiger partial charge on any atom is -0.469 e. The van der Waals surface area contributed by atoms with Gasteiger partial charge in [-0.2, -0.15) is 0 Å². The van der Waals surface area contributed by atoms with Gasteiger partial charge in [-0.15, -0.1) is 0 Å². The maximum atomic E-state index is 12.6. The van der Waals surface area contributed by atoms with E-state index in [1.165, 1.54) is 20.0 Å². The van der Waals surface area contributed by atoms with Crippen molar-refractivity contribution in [1.82, 2.24) is 0 Å². The number of carbonyl (C=O) groups is 1. The molecule has 0 bridgehead atoms. The van der Waals surface area contributed by atoms with Crippen molar-refractivity contribution >= 4 is 17.3 Å². The number of esters is 1. The van der Waals surface area contributed by atoms with E-state index in [4.69, 9.17) is 4.74 Å². The summed E-state index contributed by atoms with van der Waals surface area (Å²) in [4.78, 5) is 12.6. The summed E-state index contributed by atoms with van der Waals surface area (Å²) in [5.74, 6) is 0.155. The quantitative estimate of drug-likeness (QED) is 0.840. The lowest BCUT2D eigenvalue weighted by atomic mass is 9.80. The molecule has 0 spiro atoms. The maximum Gasteiger partial charge on any atom is 0.313 e. The number of nitrogens with one attached hydrogen (secondary N) is 2. The van der Waals surface area contributed by atoms with Crippen molar-refractivity contribution in [2.75, 3.05) is 17.7 Å². The van der Waals surface area contributed by atoms with E-state index in [2.05, 4.69) is 22.8 Å². The molecular weight excluding hydrogens is 300 g/mol. The highest BCUT2D eigenvalue weighted by Crippen LogP contribution is 2.47. The summed E-state index contributed by atoms with van der Waals surface area (Å²) in [5, 5.41) is 7.17. The van der Waals surface area contributed by atoms with Gasteiger partial charge in [-0.25, -0.2) is 0 Å². The number of methoxy groups -OCH3 is 1. The summed E-state index contributed by atoms with van der Waals surface area (Å²) >= 11 is 0. The van der Waals surface area contributed by atoms with E-state index in [1.807, 2.05) is 42.5 Å². The SMILES string of the molecule is COC(=O)[C@@H]1[C@@H](Nc2ccccc2)c2ccccc2N[C@H]1C1CC1. The van der Waals surface area contributed by atoms with Crippen LogP contribution in [0.5, 0.6) is 0 Å². The van der Waals surface area contributed by atoms with Crippen LogP contribution in [-0.4, -0.2) is 19.1 Å². The molecule has 0 amide bonds. The van der Waals surface area contributed by atoms with Crippen LogP contribution in [0.4, 0.5) is 11.4 Å². The predicted molar refractivity (Wildman–Crippen MR) is 94.9 cm³/mol. The molecule has 2 N–H and O–H groups in total. The van der Waals surface area contributed by atoms with Crippen LogP contribution < -0.4 is 10.6 Å². The first-order valence-corrected chi connectivity index (χ1v) is 8.53. The van der Waals surface area contributed by atoms with E-state index in [0.717, 1.165) is 16.9 Å². The zero-order chi connectivity index (χ0) is 16.5.